The molecule has 0 spiro atoms. The average Bonchev–Trinajstić information content (AvgIpc) is 3.22. The number of para-hydroxylation sites is 1. The molecule has 110 valence electrons. The van der Waals surface area contributed by atoms with Crippen molar-refractivity contribution in [2.45, 2.75) is 24.4 Å². The van der Waals surface area contributed by atoms with Crippen LogP contribution in [0.25, 0.3) is 0 Å². The van der Waals surface area contributed by atoms with Crippen molar-refractivity contribution in [2.24, 2.45) is 5.92 Å². The van der Waals surface area contributed by atoms with Crippen molar-refractivity contribution in [3.63, 3.8) is 0 Å². The standard InChI is InChI=1S/C15H13F3N2O/c16-15(17,18)14(8-7-10-5-6-10)9-19-13(21)20-12-4-2-1-3-11(12)14/h1-4,10H,5-6,9H2,(H2,19,20,21). The minimum absolute atomic E-state index is 0.0102. The molecule has 3 rings (SSSR count). The van der Waals surface area contributed by atoms with Crippen LogP contribution in [0.2, 0.25) is 0 Å². The number of amides is 2. The Morgan fingerprint density at radius 2 is 1.95 bits per heavy atom. The summed E-state index contributed by atoms with van der Waals surface area (Å²) >= 11 is 0. The van der Waals surface area contributed by atoms with Gasteiger partial charge in [0, 0.05) is 23.7 Å². The van der Waals surface area contributed by atoms with Gasteiger partial charge in [-0.3, -0.25) is 0 Å². The summed E-state index contributed by atoms with van der Waals surface area (Å²) in [6.45, 7) is -0.584. The Balaban J connectivity index is 2.18. The third-order valence-corrected chi connectivity index (χ3v) is 3.70. The van der Waals surface area contributed by atoms with Crippen LogP contribution in [-0.4, -0.2) is 18.8 Å². The number of hydrogen-bond donors (Lipinski definition) is 2. The first-order chi connectivity index (χ1) is 9.92. The first kappa shape index (κ1) is 13.8. The highest BCUT2D eigenvalue weighted by Crippen LogP contribution is 2.44. The molecule has 1 fully saturated rings. The minimum atomic E-state index is -4.58. The zero-order chi connectivity index (χ0) is 15.1. The highest BCUT2D eigenvalue weighted by Gasteiger charge is 2.57. The molecule has 1 aliphatic heterocycles. The van der Waals surface area contributed by atoms with Crippen molar-refractivity contribution >= 4 is 11.7 Å². The number of carbonyl (C=O) groups is 1. The van der Waals surface area contributed by atoms with Crippen LogP contribution in [0.5, 0.6) is 0 Å². The number of anilines is 1. The molecule has 0 aromatic heterocycles. The van der Waals surface area contributed by atoms with Gasteiger partial charge in [0.25, 0.3) is 0 Å². The van der Waals surface area contributed by atoms with Gasteiger partial charge in [-0.2, -0.15) is 13.2 Å². The third-order valence-electron chi connectivity index (χ3n) is 3.70. The molecule has 1 unspecified atom stereocenters. The van der Waals surface area contributed by atoms with Gasteiger partial charge in [-0.1, -0.05) is 30.0 Å². The number of benzene rings is 1. The van der Waals surface area contributed by atoms with Crippen LogP contribution in [0.15, 0.2) is 24.3 Å². The van der Waals surface area contributed by atoms with Crippen molar-refractivity contribution < 1.29 is 18.0 Å². The second kappa shape index (κ2) is 4.69. The largest absolute Gasteiger partial charge is 0.410 e. The summed E-state index contributed by atoms with van der Waals surface area (Å²) in [5.74, 6) is 5.18. The van der Waals surface area contributed by atoms with Gasteiger partial charge in [-0.05, 0) is 18.9 Å². The Hall–Kier alpha value is -2.16. The normalized spacial score (nSPS) is 24.8. The molecule has 1 aromatic carbocycles. The SMILES string of the molecule is O=C1NCC(C#CC2CC2)(C(F)(F)F)c2ccccc2N1. The van der Waals surface area contributed by atoms with E-state index in [4.69, 9.17) is 0 Å². The summed E-state index contributed by atoms with van der Waals surface area (Å²) in [7, 11) is 0. The molecule has 1 heterocycles. The van der Waals surface area contributed by atoms with E-state index in [2.05, 4.69) is 22.5 Å². The highest BCUT2D eigenvalue weighted by molar-refractivity contribution is 5.92. The molecule has 1 atom stereocenters. The lowest BCUT2D eigenvalue weighted by atomic mass is 9.79. The molecule has 1 aromatic rings. The monoisotopic (exact) mass is 294 g/mol. The van der Waals surface area contributed by atoms with Crippen LogP contribution in [0, 0.1) is 17.8 Å². The Bertz CT molecular complexity index is 640. The summed E-state index contributed by atoms with van der Waals surface area (Å²) in [6, 6.07) is 5.29. The van der Waals surface area contributed by atoms with Gasteiger partial charge in [0.05, 0.1) is 0 Å². The Labute approximate surface area is 119 Å². The summed E-state index contributed by atoms with van der Waals surface area (Å²) in [4.78, 5) is 11.6. The van der Waals surface area contributed by atoms with Gasteiger partial charge in [0.15, 0.2) is 5.41 Å². The predicted molar refractivity (Wildman–Crippen MR) is 71.7 cm³/mol. The smallest absolute Gasteiger partial charge is 0.336 e. The van der Waals surface area contributed by atoms with Crippen LogP contribution in [0.1, 0.15) is 18.4 Å². The number of carbonyl (C=O) groups excluding carboxylic acids is 1. The molecular formula is C15H13F3N2O. The predicted octanol–water partition coefficient (Wildman–Crippen LogP) is 3.04. The lowest BCUT2D eigenvalue weighted by molar-refractivity contribution is -0.170. The molecule has 0 bridgehead atoms. The van der Waals surface area contributed by atoms with Crippen molar-refractivity contribution in [1.82, 2.24) is 5.32 Å². The van der Waals surface area contributed by atoms with Gasteiger partial charge in [0.1, 0.15) is 0 Å². The Morgan fingerprint density at radius 1 is 1.24 bits per heavy atom. The molecule has 3 nitrogen and oxygen atoms in total. The molecule has 1 aliphatic carbocycles. The number of nitrogens with one attached hydrogen (secondary N) is 2. The van der Waals surface area contributed by atoms with E-state index >= 15 is 0 Å². The summed E-state index contributed by atoms with van der Waals surface area (Å²) in [5, 5.41) is 4.70. The van der Waals surface area contributed by atoms with E-state index in [1.807, 2.05) is 0 Å². The summed E-state index contributed by atoms with van der Waals surface area (Å²) < 4.78 is 41.3. The van der Waals surface area contributed by atoms with E-state index in [-0.39, 0.29) is 17.2 Å². The number of urea groups is 1. The van der Waals surface area contributed by atoms with Gasteiger partial charge in [-0.15, -0.1) is 0 Å². The van der Waals surface area contributed by atoms with Gasteiger partial charge in [-0.25, -0.2) is 4.79 Å². The topological polar surface area (TPSA) is 41.1 Å². The minimum Gasteiger partial charge on any atom is -0.336 e. The Kier molecular flexibility index (Phi) is 3.08. The maximum atomic E-state index is 13.8. The molecule has 2 N–H and O–H groups in total. The van der Waals surface area contributed by atoms with Crippen LogP contribution < -0.4 is 10.6 Å². The zero-order valence-electron chi connectivity index (χ0n) is 11.1. The van der Waals surface area contributed by atoms with Gasteiger partial charge >= 0.3 is 12.2 Å². The van der Waals surface area contributed by atoms with E-state index < -0.39 is 24.2 Å². The lowest BCUT2D eigenvalue weighted by Crippen LogP contribution is -2.49. The van der Waals surface area contributed by atoms with Crippen molar-refractivity contribution in [1.29, 1.82) is 0 Å². The fourth-order valence-electron chi connectivity index (χ4n) is 2.33. The Morgan fingerprint density at radius 3 is 2.62 bits per heavy atom. The van der Waals surface area contributed by atoms with E-state index in [9.17, 15) is 18.0 Å². The molecule has 21 heavy (non-hydrogen) atoms. The molecular weight excluding hydrogens is 281 g/mol. The maximum Gasteiger partial charge on any atom is 0.410 e. The second-order valence-electron chi connectivity index (χ2n) is 5.30. The summed E-state index contributed by atoms with van der Waals surface area (Å²) in [6.07, 6.45) is -2.90. The number of alkyl halides is 3. The maximum absolute atomic E-state index is 13.8. The van der Waals surface area contributed by atoms with Gasteiger partial charge in [0.2, 0.25) is 0 Å². The number of halogens is 3. The number of rotatable bonds is 0. The van der Waals surface area contributed by atoms with Crippen LogP contribution >= 0.6 is 0 Å². The molecule has 1 saturated carbocycles. The molecule has 0 radical (unpaired) electrons. The first-order valence-corrected chi connectivity index (χ1v) is 6.66. The van der Waals surface area contributed by atoms with E-state index in [0.29, 0.717) is 0 Å². The van der Waals surface area contributed by atoms with E-state index in [1.165, 1.54) is 18.2 Å². The zero-order valence-corrected chi connectivity index (χ0v) is 11.1. The molecule has 6 heteroatoms. The molecule has 2 aliphatic rings. The lowest BCUT2D eigenvalue weighted by Gasteiger charge is -2.30. The second-order valence-corrected chi connectivity index (χ2v) is 5.30. The van der Waals surface area contributed by atoms with Crippen molar-refractivity contribution in [2.75, 3.05) is 11.9 Å². The van der Waals surface area contributed by atoms with Crippen LogP contribution in [-0.2, 0) is 5.41 Å². The van der Waals surface area contributed by atoms with Crippen molar-refractivity contribution in [3.8, 4) is 11.8 Å². The fraction of sp³-hybridized carbons (Fsp3) is 0.400. The molecule has 0 saturated heterocycles. The van der Waals surface area contributed by atoms with E-state index in [1.54, 1.807) is 6.07 Å². The highest BCUT2D eigenvalue weighted by atomic mass is 19.4. The molecule has 2 amide bonds. The number of fused-ring (bicyclic) bond motifs is 1. The quantitative estimate of drug-likeness (QED) is 0.710. The fourth-order valence-corrected chi connectivity index (χ4v) is 2.33. The number of hydrogen-bond acceptors (Lipinski definition) is 1. The van der Waals surface area contributed by atoms with Crippen LogP contribution in [0.3, 0.4) is 0 Å². The third kappa shape index (κ3) is 2.44. The van der Waals surface area contributed by atoms with E-state index in [0.717, 1.165) is 12.8 Å². The van der Waals surface area contributed by atoms with Gasteiger partial charge < -0.3 is 10.6 Å². The van der Waals surface area contributed by atoms with Crippen molar-refractivity contribution in [3.05, 3.63) is 29.8 Å². The average molecular weight is 294 g/mol. The summed E-state index contributed by atoms with van der Waals surface area (Å²) in [5.41, 5.74) is -2.23. The first-order valence-electron chi connectivity index (χ1n) is 6.66. The van der Waals surface area contributed by atoms with Crippen LogP contribution in [0.4, 0.5) is 23.7 Å².